The van der Waals surface area contributed by atoms with Crippen molar-refractivity contribution in [2.75, 3.05) is 19.6 Å². The van der Waals surface area contributed by atoms with Gasteiger partial charge in [-0.25, -0.2) is 9.18 Å². The Morgan fingerprint density at radius 2 is 2.04 bits per heavy atom. The molecule has 1 aromatic rings. The predicted octanol–water partition coefficient (Wildman–Crippen LogP) is 4.22. The summed E-state index contributed by atoms with van der Waals surface area (Å²) < 4.78 is 19.0. The molecule has 0 atom stereocenters. The average molecular weight is 345 g/mol. The smallest absolute Gasteiger partial charge is 0.410 e. The van der Waals surface area contributed by atoms with Gasteiger partial charge in [0.15, 0.2) is 0 Å². The summed E-state index contributed by atoms with van der Waals surface area (Å²) in [5.41, 5.74) is 0.0388. The van der Waals surface area contributed by atoms with Crippen LogP contribution >= 0.6 is 11.6 Å². The van der Waals surface area contributed by atoms with Crippen LogP contribution in [0.3, 0.4) is 0 Å². The molecule has 1 amide bonds. The molecule has 0 saturated carbocycles. The number of hydrogen-bond donors (Lipinski definition) is 1. The third kappa shape index (κ3) is 7.66. The summed E-state index contributed by atoms with van der Waals surface area (Å²) >= 11 is 5.72. The Kier molecular flexibility index (Phi) is 7.79. The first-order valence-corrected chi connectivity index (χ1v) is 8.23. The van der Waals surface area contributed by atoms with E-state index >= 15 is 0 Å². The molecule has 1 aromatic carbocycles. The maximum atomic E-state index is 13.7. The van der Waals surface area contributed by atoms with Crippen molar-refractivity contribution in [2.24, 2.45) is 0 Å². The molecule has 6 heteroatoms. The molecule has 0 aliphatic carbocycles. The van der Waals surface area contributed by atoms with Crippen molar-refractivity contribution in [1.29, 1.82) is 0 Å². The van der Waals surface area contributed by atoms with Crippen molar-refractivity contribution in [3.63, 3.8) is 0 Å². The highest BCUT2D eigenvalue weighted by Gasteiger charge is 2.21. The van der Waals surface area contributed by atoms with Crippen LogP contribution in [0.15, 0.2) is 18.2 Å². The highest BCUT2D eigenvalue weighted by atomic mass is 35.5. The van der Waals surface area contributed by atoms with Gasteiger partial charge in [0.05, 0.1) is 0 Å². The van der Waals surface area contributed by atoms with E-state index < -0.39 is 5.60 Å². The number of halogens is 2. The van der Waals surface area contributed by atoms with E-state index in [0.717, 1.165) is 6.42 Å². The molecule has 0 fully saturated rings. The van der Waals surface area contributed by atoms with Gasteiger partial charge in [0.2, 0.25) is 0 Å². The number of hydrogen-bond acceptors (Lipinski definition) is 3. The van der Waals surface area contributed by atoms with Gasteiger partial charge in [-0.2, -0.15) is 0 Å². The van der Waals surface area contributed by atoms with E-state index in [1.165, 1.54) is 6.07 Å². The standard InChI is InChI=1S/C17H26ClFN2O2/c1-5-9-21(16(22)23-17(2,3)4)10-8-20-12-13-6-7-14(18)11-15(13)19/h6-7,11,20H,5,8-10,12H2,1-4H3. The molecule has 1 N–H and O–H groups in total. The minimum absolute atomic E-state index is 0.321. The fourth-order valence-electron chi connectivity index (χ4n) is 1.99. The van der Waals surface area contributed by atoms with E-state index in [-0.39, 0.29) is 11.9 Å². The second-order valence-corrected chi connectivity index (χ2v) is 6.82. The summed E-state index contributed by atoms with van der Waals surface area (Å²) in [6, 6.07) is 4.61. The van der Waals surface area contributed by atoms with Crippen LogP contribution < -0.4 is 5.32 Å². The number of carbonyl (C=O) groups excluding carboxylic acids is 1. The molecule has 0 bridgehead atoms. The topological polar surface area (TPSA) is 41.6 Å². The second kappa shape index (κ2) is 9.08. The summed E-state index contributed by atoms with van der Waals surface area (Å²) in [6.45, 7) is 9.63. The number of ether oxygens (including phenoxy) is 1. The molecule has 0 unspecified atom stereocenters. The predicted molar refractivity (Wildman–Crippen MR) is 91.2 cm³/mol. The molecule has 0 spiro atoms. The van der Waals surface area contributed by atoms with Crippen molar-refractivity contribution < 1.29 is 13.9 Å². The fourth-order valence-corrected chi connectivity index (χ4v) is 2.15. The van der Waals surface area contributed by atoms with E-state index in [4.69, 9.17) is 16.3 Å². The maximum absolute atomic E-state index is 13.7. The monoisotopic (exact) mass is 344 g/mol. The lowest BCUT2D eigenvalue weighted by atomic mass is 10.2. The number of rotatable bonds is 7. The molecular weight excluding hydrogens is 319 g/mol. The van der Waals surface area contributed by atoms with Crippen molar-refractivity contribution >= 4 is 17.7 Å². The Balaban J connectivity index is 2.45. The summed E-state index contributed by atoms with van der Waals surface area (Å²) in [4.78, 5) is 13.8. The van der Waals surface area contributed by atoms with E-state index in [0.29, 0.717) is 36.8 Å². The first-order chi connectivity index (χ1) is 10.7. The van der Waals surface area contributed by atoms with Gasteiger partial charge < -0.3 is 15.0 Å². The lowest BCUT2D eigenvalue weighted by Gasteiger charge is -2.27. The van der Waals surface area contributed by atoms with Crippen molar-refractivity contribution in [3.05, 3.63) is 34.6 Å². The molecule has 0 saturated heterocycles. The van der Waals surface area contributed by atoms with Gasteiger partial charge in [0, 0.05) is 36.8 Å². The average Bonchev–Trinajstić information content (AvgIpc) is 2.42. The zero-order valence-corrected chi connectivity index (χ0v) is 15.0. The molecule has 0 radical (unpaired) electrons. The Morgan fingerprint density at radius 3 is 2.61 bits per heavy atom. The van der Waals surface area contributed by atoms with E-state index in [1.54, 1.807) is 17.0 Å². The molecule has 0 aliphatic rings. The first-order valence-electron chi connectivity index (χ1n) is 7.85. The molecule has 4 nitrogen and oxygen atoms in total. The zero-order valence-electron chi connectivity index (χ0n) is 14.3. The van der Waals surface area contributed by atoms with Crippen LogP contribution in [0, 0.1) is 5.82 Å². The van der Waals surface area contributed by atoms with Gasteiger partial charge in [0.1, 0.15) is 11.4 Å². The molecule has 23 heavy (non-hydrogen) atoms. The summed E-state index contributed by atoms with van der Waals surface area (Å²) in [7, 11) is 0. The summed E-state index contributed by atoms with van der Waals surface area (Å²) in [5, 5.41) is 3.52. The third-order valence-corrected chi connectivity index (χ3v) is 3.27. The Labute approximate surface area is 142 Å². The quantitative estimate of drug-likeness (QED) is 0.753. The van der Waals surface area contributed by atoms with Gasteiger partial charge in [-0.05, 0) is 39.3 Å². The molecule has 130 valence electrons. The van der Waals surface area contributed by atoms with E-state index in [9.17, 15) is 9.18 Å². The van der Waals surface area contributed by atoms with Crippen LogP contribution in [-0.4, -0.2) is 36.2 Å². The molecule has 0 aromatic heterocycles. The largest absolute Gasteiger partial charge is 0.444 e. The lowest BCUT2D eigenvalue weighted by molar-refractivity contribution is 0.0252. The van der Waals surface area contributed by atoms with Crippen LogP contribution in [0.5, 0.6) is 0 Å². The van der Waals surface area contributed by atoms with Gasteiger partial charge in [0.25, 0.3) is 0 Å². The molecule has 0 aliphatic heterocycles. The minimum atomic E-state index is -0.511. The number of amides is 1. The number of carbonyl (C=O) groups is 1. The Bertz CT molecular complexity index is 518. The normalized spacial score (nSPS) is 11.4. The van der Waals surface area contributed by atoms with Crippen LogP contribution in [0.25, 0.3) is 0 Å². The minimum Gasteiger partial charge on any atom is -0.444 e. The number of nitrogens with one attached hydrogen (secondary N) is 1. The van der Waals surface area contributed by atoms with Crippen LogP contribution in [0.1, 0.15) is 39.7 Å². The third-order valence-electron chi connectivity index (χ3n) is 3.03. The second-order valence-electron chi connectivity index (χ2n) is 6.38. The molecular formula is C17H26ClFN2O2. The molecule has 0 heterocycles. The van der Waals surface area contributed by atoms with Gasteiger partial charge in [-0.1, -0.05) is 24.6 Å². The maximum Gasteiger partial charge on any atom is 0.410 e. The summed E-state index contributed by atoms with van der Waals surface area (Å²) in [6.07, 6.45) is 0.532. The van der Waals surface area contributed by atoms with Crippen LogP contribution in [-0.2, 0) is 11.3 Å². The number of benzene rings is 1. The number of nitrogens with zero attached hydrogens (tertiary/aromatic N) is 1. The summed E-state index contributed by atoms with van der Waals surface area (Å²) in [5.74, 6) is -0.331. The first kappa shape index (κ1) is 19.7. The van der Waals surface area contributed by atoms with Crippen LogP contribution in [0.2, 0.25) is 5.02 Å². The zero-order chi connectivity index (χ0) is 17.5. The van der Waals surface area contributed by atoms with Gasteiger partial charge >= 0.3 is 6.09 Å². The van der Waals surface area contributed by atoms with Gasteiger partial charge in [-0.3, -0.25) is 0 Å². The highest BCUT2D eigenvalue weighted by molar-refractivity contribution is 6.30. The van der Waals surface area contributed by atoms with Crippen molar-refractivity contribution in [1.82, 2.24) is 10.2 Å². The highest BCUT2D eigenvalue weighted by Crippen LogP contribution is 2.14. The SMILES string of the molecule is CCCN(CCNCc1ccc(Cl)cc1F)C(=O)OC(C)(C)C. The van der Waals surface area contributed by atoms with Crippen molar-refractivity contribution in [2.45, 2.75) is 46.3 Å². The Morgan fingerprint density at radius 1 is 1.35 bits per heavy atom. The van der Waals surface area contributed by atoms with Gasteiger partial charge in [-0.15, -0.1) is 0 Å². The van der Waals surface area contributed by atoms with E-state index in [2.05, 4.69) is 5.32 Å². The van der Waals surface area contributed by atoms with Crippen molar-refractivity contribution in [3.8, 4) is 0 Å². The lowest BCUT2D eigenvalue weighted by Crippen LogP contribution is -2.40. The fraction of sp³-hybridized carbons (Fsp3) is 0.588. The Hall–Kier alpha value is -1.33. The molecule has 1 rings (SSSR count). The van der Waals surface area contributed by atoms with E-state index in [1.807, 2.05) is 27.7 Å². The van der Waals surface area contributed by atoms with Crippen LogP contribution in [0.4, 0.5) is 9.18 Å².